The molecule has 72 valence electrons. The number of carboxylic acid groups (broad SMARTS) is 1. The summed E-state index contributed by atoms with van der Waals surface area (Å²) >= 11 is 1.67. The van der Waals surface area contributed by atoms with Gasteiger partial charge in [-0.2, -0.15) is 0 Å². The molecule has 1 aromatic rings. The van der Waals surface area contributed by atoms with Crippen molar-refractivity contribution in [3.63, 3.8) is 0 Å². The molecular formula is C9H13NO2S. The van der Waals surface area contributed by atoms with Crippen LogP contribution in [0.15, 0.2) is 11.4 Å². The third-order valence-corrected chi connectivity index (χ3v) is 2.74. The summed E-state index contributed by atoms with van der Waals surface area (Å²) in [6, 6.07) is 2.09. The molecule has 0 unspecified atom stereocenters. The molecule has 0 aliphatic carbocycles. The molecule has 0 spiro atoms. The highest BCUT2D eigenvalue weighted by molar-refractivity contribution is 7.10. The minimum absolute atomic E-state index is 0.0288. The standard InChI is InChI=1S/C9H13NO2S/c1-2-7-3-4-13-8(7)5-10-6-9(11)12/h3-4,10H,2,5-6H2,1H3,(H,11,12). The first-order valence-electron chi connectivity index (χ1n) is 4.21. The Balaban J connectivity index is 2.40. The van der Waals surface area contributed by atoms with Gasteiger partial charge in [0.25, 0.3) is 0 Å². The van der Waals surface area contributed by atoms with Crippen LogP contribution in [-0.2, 0) is 17.8 Å². The van der Waals surface area contributed by atoms with Crippen molar-refractivity contribution in [3.05, 3.63) is 21.9 Å². The molecule has 13 heavy (non-hydrogen) atoms. The molecule has 0 atom stereocenters. The number of carboxylic acids is 1. The van der Waals surface area contributed by atoms with Gasteiger partial charge in [-0.3, -0.25) is 4.79 Å². The first kappa shape index (κ1) is 10.2. The van der Waals surface area contributed by atoms with Crippen LogP contribution < -0.4 is 5.32 Å². The maximum absolute atomic E-state index is 10.2. The first-order valence-corrected chi connectivity index (χ1v) is 5.09. The number of aliphatic carboxylic acids is 1. The van der Waals surface area contributed by atoms with Crippen LogP contribution in [0.4, 0.5) is 0 Å². The second kappa shape index (κ2) is 4.99. The van der Waals surface area contributed by atoms with Gasteiger partial charge in [0.1, 0.15) is 0 Å². The molecule has 2 N–H and O–H groups in total. The third kappa shape index (κ3) is 3.16. The largest absolute Gasteiger partial charge is 0.480 e. The van der Waals surface area contributed by atoms with E-state index < -0.39 is 5.97 Å². The van der Waals surface area contributed by atoms with Crippen LogP contribution in [0.5, 0.6) is 0 Å². The van der Waals surface area contributed by atoms with E-state index in [2.05, 4.69) is 18.3 Å². The average molecular weight is 199 g/mol. The zero-order chi connectivity index (χ0) is 9.68. The normalized spacial score (nSPS) is 10.2. The molecule has 3 nitrogen and oxygen atoms in total. The van der Waals surface area contributed by atoms with Crippen LogP contribution in [0.3, 0.4) is 0 Å². The van der Waals surface area contributed by atoms with Gasteiger partial charge in [0, 0.05) is 11.4 Å². The molecule has 0 bridgehead atoms. The van der Waals surface area contributed by atoms with Crippen LogP contribution in [0.25, 0.3) is 0 Å². The number of aryl methyl sites for hydroxylation is 1. The molecule has 0 radical (unpaired) electrons. The number of hydrogen-bond donors (Lipinski definition) is 2. The molecule has 4 heteroatoms. The highest BCUT2D eigenvalue weighted by atomic mass is 32.1. The predicted octanol–water partition coefficient (Wildman–Crippen LogP) is 1.48. The summed E-state index contributed by atoms with van der Waals surface area (Å²) in [6.45, 7) is 2.79. The van der Waals surface area contributed by atoms with Crippen molar-refractivity contribution >= 4 is 17.3 Å². The van der Waals surface area contributed by atoms with Crippen LogP contribution in [-0.4, -0.2) is 17.6 Å². The topological polar surface area (TPSA) is 49.3 Å². The number of carbonyl (C=O) groups is 1. The van der Waals surface area contributed by atoms with Crippen LogP contribution in [0.2, 0.25) is 0 Å². The Morgan fingerprint density at radius 2 is 2.46 bits per heavy atom. The summed E-state index contributed by atoms with van der Waals surface area (Å²) < 4.78 is 0. The molecule has 0 aromatic carbocycles. The van der Waals surface area contributed by atoms with Crippen LogP contribution in [0, 0.1) is 0 Å². The van der Waals surface area contributed by atoms with Crippen molar-refractivity contribution < 1.29 is 9.90 Å². The van der Waals surface area contributed by atoms with E-state index in [0.717, 1.165) is 6.42 Å². The Kier molecular flexibility index (Phi) is 3.92. The quantitative estimate of drug-likeness (QED) is 0.755. The molecule has 0 amide bonds. The van der Waals surface area contributed by atoms with Gasteiger partial charge in [0.15, 0.2) is 0 Å². The molecule has 1 rings (SSSR count). The zero-order valence-electron chi connectivity index (χ0n) is 7.54. The van der Waals surface area contributed by atoms with Gasteiger partial charge in [-0.15, -0.1) is 11.3 Å². The fourth-order valence-corrected chi connectivity index (χ4v) is 2.07. The van der Waals surface area contributed by atoms with Gasteiger partial charge in [-0.25, -0.2) is 0 Å². The Hall–Kier alpha value is -0.870. The lowest BCUT2D eigenvalue weighted by Gasteiger charge is -2.01. The summed E-state index contributed by atoms with van der Waals surface area (Å²) in [4.78, 5) is 11.5. The highest BCUT2D eigenvalue weighted by Crippen LogP contribution is 2.16. The summed E-state index contributed by atoms with van der Waals surface area (Å²) in [5, 5.41) is 13.3. The zero-order valence-corrected chi connectivity index (χ0v) is 8.36. The van der Waals surface area contributed by atoms with Crippen molar-refractivity contribution in [2.75, 3.05) is 6.54 Å². The van der Waals surface area contributed by atoms with E-state index >= 15 is 0 Å². The summed E-state index contributed by atoms with van der Waals surface area (Å²) in [7, 11) is 0. The van der Waals surface area contributed by atoms with Crippen LogP contribution >= 0.6 is 11.3 Å². The monoisotopic (exact) mass is 199 g/mol. The first-order chi connectivity index (χ1) is 6.24. The SMILES string of the molecule is CCc1ccsc1CNCC(=O)O. The molecule has 0 aliphatic heterocycles. The van der Waals surface area contributed by atoms with Gasteiger partial charge in [-0.1, -0.05) is 6.92 Å². The Morgan fingerprint density at radius 1 is 1.69 bits per heavy atom. The maximum Gasteiger partial charge on any atom is 0.317 e. The number of rotatable bonds is 5. The molecule has 0 aliphatic rings. The summed E-state index contributed by atoms with van der Waals surface area (Å²) in [5.41, 5.74) is 1.31. The Labute approximate surface area is 81.4 Å². The lowest BCUT2D eigenvalue weighted by atomic mass is 10.2. The average Bonchev–Trinajstić information content (AvgIpc) is 2.51. The van der Waals surface area contributed by atoms with Gasteiger partial charge < -0.3 is 10.4 Å². The lowest BCUT2D eigenvalue weighted by molar-refractivity contribution is -0.135. The van der Waals surface area contributed by atoms with Crippen molar-refractivity contribution in [2.24, 2.45) is 0 Å². The minimum Gasteiger partial charge on any atom is -0.480 e. The lowest BCUT2D eigenvalue weighted by Crippen LogP contribution is -2.21. The van der Waals surface area contributed by atoms with Gasteiger partial charge in [0.2, 0.25) is 0 Å². The van der Waals surface area contributed by atoms with E-state index in [-0.39, 0.29) is 6.54 Å². The molecule has 0 saturated carbocycles. The van der Waals surface area contributed by atoms with E-state index in [1.165, 1.54) is 10.4 Å². The molecular weight excluding hydrogens is 186 g/mol. The number of nitrogens with one attached hydrogen (secondary N) is 1. The molecule has 1 heterocycles. The summed E-state index contributed by atoms with van der Waals surface area (Å²) in [5.74, 6) is -0.811. The van der Waals surface area contributed by atoms with Crippen molar-refractivity contribution in [1.82, 2.24) is 5.32 Å². The van der Waals surface area contributed by atoms with Gasteiger partial charge in [-0.05, 0) is 23.4 Å². The van der Waals surface area contributed by atoms with Crippen molar-refractivity contribution in [3.8, 4) is 0 Å². The highest BCUT2D eigenvalue weighted by Gasteiger charge is 2.02. The molecule has 0 fully saturated rings. The van der Waals surface area contributed by atoms with E-state index in [9.17, 15) is 4.79 Å². The van der Waals surface area contributed by atoms with Gasteiger partial charge in [0.05, 0.1) is 6.54 Å². The second-order valence-corrected chi connectivity index (χ2v) is 3.72. The van der Waals surface area contributed by atoms with E-state index in [4.69, 9.17) is 5.11 Å². The number of thiophene rings is 1. The number of hydrogen-bond acceptors (Lipinski definition) is 3. The van der Waals surface area contributed by atoms with Crippen molar-refractivity contribution in [1.29, 1.82) is 0 Å². The fraction of sp³-hybridized carbons (Fsp3) is 0.444. The Morgan fingerprint density at radius 3 is 3.08 bits per heavy atom. The minimum atomic E-state index is -0.811. The summed E-state index contributed by atoms with van der Waals surface area (Å²) in [6.07, 6.45) is 1.01. The smallest absolute Gasteiger partial charge is 0.317 e. The van der Waals surface area contributed by atoms with Crippen LogP contribution in [0.1, 0.15) is 17.4 Å². The van der Waals surface area contributed by atoms with Gasteiger partial charge >= 0.3 is 5.97 Å². The van der Waals surface area contributed by atoms with E-state index in [0.29, 0.717) is 6.54 Å². The molecule has 1 aromatic heterocycles. The molecule has 0 saturated heterocycles. The maximum atomic E-state index is 10.2. The van der Waals surface area contributed by atoms with E-state index in [1.54, 1.807) is 11.3 Å². The fourth-order valence-electron chi connectivity index (χ4n) is 1.12. The predicted molar refractivity (Wildman–Crippen MR) is 53.0 cm³/mol. The Bertz CT molecular complexity index is 283. The van der Waals surface area contributed by atoms with E-state index in [1.807, 2.05) is 5.38 Å². The third-order valence-electron chi connectivity index (χ3n) is 1.78. The van der Waals surface area contributed by atoms with Crippen molar-refractivity contribution in [2.45, 2.75) is 19.9 Å². The second-order valence-electron chi connectivity index (χ2n) is 2.72.